The molecule has 1 heterocycles. The van der Waals surface area contributed by atoms with Crippen molar-refractivity contribution in [1.82, 2.24) is 0 Å². The van der Waals surface area contributed by atoms with E-state index in [0.29, 0.717) is 27.8 Å². The Morgan fingerprint density at radius 3 is 2.78 bits per heavy atom. The zero-order valence-electron chi connectivity index (χ0n) is 9.94. The molecule has 0 saturated carbocycles. The van der Waals surface area contributed by atoms with E-state index in [9.17, 15) is 0 Å². The van der Waals surface area contributed by atoms with Gasteiger partial charge in [0.25, 0.3) is 0 Å². The Morgan fingerprint density at radius 2 is 2.11 bits per heavy atom. The summed E-state index contributed by atoms with van der Waals surface area (Å²) in [5.74, 6) is 5.97. The van der Waals surface area contributed by atoms with Gasteiger partial charge in [-0.3, -0.25) is 0 Å². The van der Waals surface area contributed by atoms with Crippen molar-refractivity contribution in [3.05, 3.63) is 23.9 Å². The fourth-order valence-corrected chi connectivity index (χ4v) is 3.74. The minimum Gasteiger partial charge on any atom is -1.00 e. The van der Waals surface area contributed by atoms with E-state index >= 15 is 0 Å². The summed E-state index contributed by atoms with van der Waals surface area (Å²) in [5, 5.41) is 1.21. The third kappa shape index (κ3) is 2.98. The van der Waals surface area contributed by atoms with Gasteiger partial charge in [-0.2, -0.15) is 0 Å². The summed E-state index contributed by atoms with van der Waals surface area (Å²) >= 11 is 0.326. The topological polar surface area (TPSA) is 13.1 Å². The van der Waals surface area contributed by atoms with Gasteiger partial charge in [0.2, 0.25) is 0 Å². The van der Waals surface area contributed by atoms with Crippen LogP contribution in [0.4, 0.5) is 0 Å². The third-order valence-corrected chi connectivity index (χ3v) is 4.67. The molecule has 0 radical (unpaired) electrons. The predicted molar refractivity (Wildman–Crippen MR) is 68.9 cm³/mol. The molecule has 0 atom stereocenters. The largest absolute Gasteiger partial charge is 1.00 e. The van der Waals surface area contributed by atoms with Crippen LogP contribution in [0.15, 0.2) is 18.2 Å². The maximum absolute atomic E-state index is 5.43. The standard InChI is InChI=1S/C14H12NOSe.BrH/c1-4-6-13-12-10-11(16-9-5-2)7-8-14(12)17-15(13)3;/h1-2,7-8,10H,6,9H2,3H3;1H/q+1;/p-1. The van der Waals surface area contributed by atoms with Gasteiger partial charge in [0, 0.05) is 0 Å². The minimum absolute atomic E-state index is 0. The van der Waals surface area contributed by atoms with E-state index in [4.69, 9.17) is 17.6 Å². The van der Waals surface area contributed by atoms with E-state index in [2.05, 4.69) is 28.5 Å². The van der Waals surface area contributed by atoms with E-state index in [1.165, 1.54) is 15.3 Å². The number of benzene rings is 1. The number of hydrogen-bond acceptors (Lipinski definition) is 1. The number of aryl methyl sites for hydroxylation is 1. The maximum Gasteiger partial charge on any atom is -1.00 e. The second kappa shape index (κ2) is 6.66. The third-order valence-electron chi connectivity index (χ3n) is 2.47. The molecule has 1 aromatic heterocycles. The van der Waals surface area contributed by atoms with Gasteiger partial charge >= 0.3 is 107 Å². The number of ether oxygens (including phenoxy) is 1. The first kappa shape index (κ1) is 14.9. The molecule has 0 amide bonds. The van der Waals surface area contributed by atoms with E-state index in [0.717, 1.165) is 5.75 Å². The maximum atomic E-state index is 5.43. The normalized spacial score (nSPS) is 9.28. The van der Waals surface area contributed by atoms with Crippen molar-refractivity contribution in [2.24, 2.45) is 7.05 Å². The van der Waals surface area contributed by atoms with Crippen LogP contribution in [0.25, 0.3) is 9.65 Å². The Labute approximate surface area is 124 Å². The molecule has 0 aliphatic heterocycles. The Hall–Kier alpha value is -1.19. The van der Waals surface area contributed by atoms with Crippen LogP contribution in [0, 0.1) is 24.7 Å². The zero-order chi connectivity index (χ0) is 12.3. The van der Waals surface area contributed by atoms with Gasteiger partial charge in [0.05, 0.1) is 0 Å². The molecule has 1 aromatic carbocycles. The van der Waals surface area contributed by atoms with Crippen LogP contribution in [0.2, 0.25) is 0 Å². The summed E-state index contributed by atoms with van der Waals surface area (Å²) in [4.78, 5) is 0. The van der Waals surface area contributed by atoms with Gasteiger partial charge in [0.15, 0.2) is 0 Å². The number of nitrogens with zero attached hydrogens (tertiary/aromatic N) is 1. The Balaban J connectivity index is 0.00000162. The number of fused-ring (bicyclic) bond motifs is 1. The van der Waals surface area contributed by atoms with Gasteiger partial charge in [-0.15, -0.1) is 0 Å². The number of hydrogen-bond donors (Lipinski definition) is 0. The molecule has 2 aromatic rings. The molecule has 4 heteroatoms. The molecule has 0 aliphatic rings. The number of rotatable bonds is 3. The Morgan fingerprint density at radius 1 is 1.33 bits per heavy atom. The van der Waals surface area contributed by atoms with E-state index in [1.54, 1.807) is 0 Å². The van der Waals surface area contributed by atoms with E-state index in [-0.39, 0.29) is 17.0 Å². The summed E-state index contributed by atoms with van der Waals surface area (Å²) in [6, 6.07) is 6.09. The molecule has 92 valence electrons. The van der Waals surface area contributed by atoms with Crippen LogP contribution in [-0.2, 0) is 13.5 Å². The van der Waals surface area contributed by atoms with Crippen molar-refractivity contribution >= 4 is 24.4 Å². The molecule has 0 aliphatic carbocycles. The molecule has 0 bridgehead atoms. The first-order chi connectivity index (χ1) is 8.26. The fraction of sp³-hybridized carbons (Fsp3) is 0.214. The smallest absolute Gasteiger partial charge is 1.00 e. The molecule has 0 spiro atoms. The van der Waals surface area contributed by atoms with Crippen molar-refractivity contribution in [3.63, 3.8) is 0 Å². The van der Waals surface area contributed by atoms with Crippen LogP contribution in [0.3, 0.4) is 0 Å². The second-order valence-electron chi connectivity index (χ2n) is 3.57. The van der Waals surface area contributed by atoms with E-state index in [1.807, 2.05) is 12.1 Å². The van der Waals surface area contributed by atoms with Crippen LogP contribution < -0.4 is 25.3 Å². The molecule has 18 heavy (non-hydrogen) atoms. The molecule has 0 N–H and O–H groups in total. The summed E-state index contributed by atoms with van der Waals surface area (Å²) in [7, 11) is 2.08. The summed E-state index contributed by atoms with van der Waals surface area (Å²) in [6.07, 6.45) is 11.2. The minimum atomic E-state index is 0. The second-order valence-corrected chi connectivity index (χ2v) is 6.02. The van der Waals surface area contributed by atoms with Gasteiger partial charge in [-0.1, -0.05) is 0 Å². The van der Waals surface area contributed by atoms with Gasteiger partial charge in [-0.25, -0.2) is 0 Å². The SMILES string of the molecule is C#CCOc1ccc2[se][n+](C)c(CC#C)c2c1.[Br-]. The number of terminal acetylenes is 2. The van der Waals surface area contributed by atoms with Crippen molar-refractivity contribution in [1.29, 1.82) is 0 Å². The molecule has 0 unspecified atom stereocenters. The molecule has 0 fully saturated rings. The van der Waals surface area contributed by atoms with Crippen LogP contribution in [-0.4, -0.2) is 21.3 Å². The molecular formula is C14H12BrNOSe. The quantitative estimate of drug-likeness (QED) is 0.447. The van der Waals surface area contributed by atoms with Crippen LogP contribution >= 0.6 is 0 Å². The van der Waals surface area contributed by atoms with E-state index < -0.39 is 0 Å². The fourth-order valence-electron chi connectivity index (χ4n) is 1.70. The first-order valence-corrected chi connectivity index (χ1v) is 6.80. The first-order valence-electron chi connectivity index (χ1n) is 5.18. The van der Waals surface area contributed by atoms with Crippen molar-refractivity contribution < 1.29 is 25.3 Å². The van der Waals surface area contributed by atoms with Gasteiger partial charge in [-0.05, 0) is 0 Å². The predicted octanol–water partition coefficient (Wildman–Crippen LogP) is -2.09. The summed E-state index contributed by atoms with van der Waals surface area (Å²) in [5.41, 5.74) is 1.20. The van der Waals surface area contributed by atoms with Crippen molar-refractivity contribution in [2.45, 2.75) is 6.42 Å². The van der Waals surface area contributed by atoms with Crippen LogP contribution in [0.5, 0.6) is 5.75 Å². The monoisotopic (exact) mass is 369 g/mol. The van der Waals surface area contributed by atoms with Gasteiger partial charge in [0.1, 0.15) is 0 Å². The zero-order valence-corrected chi connectivity index (χ0v) is 13.2. The summed E-state index contributed by atoms with van der Waals surface area (Å²) in [6.45, 7) is 0.296. The van der Waals surface area contributed by atoms with Gasteiger partial charge < -0.3 is 17.0 Å². The average molecular weight is 369 g/mol. The molecule has 2 rings (SSSR count). The Bertz CT molecular complexity index is 634. The van der Waals surface area contributed by atoms with Crippen LogP contribution in [0.1, 0.15) is 5.69 Å². The average Bonchev–Trinajstić information content (AvgIpc) is 2.64. The number of halogens is 1. The summed E-state index contributed by atoms with van der Waals surface area (Å²) < 4.78 is 9.01. The number of aromatic nitrogens is 1. The molecular weight excluding hydrogens is 357 g/mol. The Kier molecular flexibility index (Phi) is 5.51. The molecule has 2 nitrogen and oxygen atoms in total. The van der Waals surface area contributed by atoms with Crippen molar-refractivity contribution in [2.75, 3.05) is 6.61 Å². The molecule has 0 saturated heterocycles. The van der Waals surface area contributed by atoms with Crippen molar-refractivity contribution in [3.8, 4) is 30.4 Å².